The van der Waals surface area contributed by atoms with Crippen molar-refractivity contribution in [2.75, 3.05) is 19.8 Å². The van der Waals surface area contributed by atoms with Gasteiger partial charge < -0.3 is 15.2 Å². The Bertz CT molecular complexity index is 214. The molecule has 0 bridgehead atoms. The summed E-state index contributed by atoms with van der Waals surface area (Å²) in [4.78, 5) is 0. The first-order valence-electron chi connectivity index (χ1n) is 6.73. The second-order valence-corrected chi connectivity index (χ2v) is 5.59. The Labute approximate surface area is 98.6 Å². The molecule has 0 aromatic carbocycles. The Morgan fingerprint density at radius 1 is 1.25 bits per heavy atom. The van der Waals surface area contributed by atoms with Crippen LogP contribution in [-0.4, -0.2) is 36.5 Å². The summed E-state index contributed by atoms with van der Waals surface area (Å²) in [5.74, 6) is 0.761. The third-order valence-corrected chi connectivity index (χ3v) is 4.23. The fourth-order valence-corrected chi connectivity index (χ4v) is 2.87. The predicted molar refractivity (Wildman–Crippen MR) is 64.4 cm³/mol. The fraction of sp³-hybridized carbons (Fsp3) is 1.00. The first-order chi connectivity index (χ1) is 7.70. The first-order valence-corrected chi connectivity index (χ1v) is 6.73. The van der Waals surface area contributed by atoms with Crippen LogP contribution < -0.4 is 5.32 Å². The van der Waals surface area contributed by atoms with Crippen molar-refractivity contribution in [3.63, 3.8) is 0 Å². The summed E-state index contributed by atoms with van der Waals surface area (Å²) in [6.45, 7) is 4.48. The van der Waals surface area contributed by atoms with Crippen LogP contribution in [0, 0.1) is 5.92 Å². The standard InChI is InChI=1S/C13H25NO2/c1-11-4-2-3-5-12(11)14-10-13(15)6-8-16-9-7-13/h11-12,14-15H,2-10H2,1H3. The van der Waals surface area contributed by atoms with E-state index in [0.717, 1.165) is 25.3 Å². The van der Waals surface area contributed by atoms with Gasteiger partial charge in [-0.15, -0.1) is 0 Å². The molecule has 2 N–H and O–H groups in total. The van der Waals surface area contributed by atoms with Gasteiger partial charge in [-0.2, -0.15) is 0 Å². The number of hydrogen-bond acceptors (Lipinski definition) is 3. The van der Waals surface area contributed by atoms with E-state index in [2.05, 4.69) is 12.2 Å². The zero-order chi connectivity index (χ0) is 11.4. The lowest BCUT2D eigenvalue weighted by molar-refractivity contribution is -0.0639. The molecular formula is C13H25NO2. The molecule has 1 aliphatic carbocycles. The largest absolute Gasteiger partial charge is 0.388 e. The van der Waals surface area contributed by atoms with Crippen molar-refractivity contribution in [1.82, 2.24) is 5.32 Å². The Balaban J connectivity index is 1.76. The van der Waals surface area contributed by atoms with Crippen LogP contribution in [0.5, 0.6) is 0 Å². The van der Waals surface area contributed by atoms with Crippen LogP contribution in [-0.2, 0) is 4.74 Å². The van der Waals surface area contributed by atoms with Gasteiger partial charge in [0.25, 0.3) is 0 Å². The van der Waals surface area contributed by atoms with E-state index in [1.807, 2.05) is 0 Å². The molecule has 0 amide bonds. The molecule has 0 spiro atoms. The van der Waals surface area contributed by atoms with E-state index in [-0.39, 0.29) is 0 Å². The Kier molecular flexibility index (Phi) is 4.22. The van der Waals surface area contributed by atoms with Gasteiger partial charge >= 0.3 is 0 Å². The Morgan fingerprint density at radius 2 is 1.94 bits per heavy atom. The van der Waals surface area contributed by atoms with E-state index in [1.54, 1.807) is 0 Å². The molecule has 94 valence electrons. The van der Waals surface area contributed by atoms with Gasteiger partial charge in [0.15, 0.2) is 0 Å². The molecule has 0 aromatic heterocycles. The molecule has 0 aromatic rings. The molecule has 2 atom stereocenters. The smallest absolute Gasteiger partial charge is 0.0815 e. The molecule has 2 aliphatic rings. The number of aliphatic hydroxyl groups is 1. The minimum absolute atomic E-state index is 0.518. The zero-order valence-electron chi connectivity index (χ0n) is 10.4. The van der Waals surface area contributed by atoms with E-state index >= 15 is 0 Å². The van der Waals surface area contributed by atoms with Gasteiger partial charge in [-0.1, -0.05) is 19.8 Å². The molecule has 16 heavy (non-hydrogen) atoms. The monoisotopic (exact) mass is 227 g/mol. The topological polar surface area (TPSA) is 41.5 Å². The summed E-state index contributed by atoms with van der Waals surface area (Å²) < 4.78 is 5.29. The molecule has 2 fully saturated rings. The predicted octanol–water partition coefficient (Wildman–Crippen LogP) is 1.70. The molecule has 1 saturated heterocycles. The Hall–Kier alpha value is -0.120. The minimum atomic E-state index is -0.518. The van der Waals surface area contributed by atoms with Crippen molar-refractivity contribution in [3.8, 4) is 0 Å². The van der Waals surface area contributed by atoms with Crippen LogP contribution in [0.1, 0.15) is 45.4 Å². The molecule has 3 heteroatoms. The minimum Gasteiger partial charge on any atom is -0.388 e. The zero-order valence-corrected chi connectivity index (χ0v) is 10.4. The van der Waals surface area contributed by atoms with Crippen molar-refractivity contribution < 1.29 is 9.84 Å². The first kappa shape index (κ1) is 12.3. The molecule has 2 unspecified atom stereocenters. The quantitative estimate of drug-likeness (QED) is 0.771. The third kappa shape index (κ3) is 3.19. The summed E-state index contributed by atoms with van der Waals surface area (Å²) in [7, 11) is 0. The van der Waals surface area contributed by atoms with Crippen molar-refractivity contribution in [2.24, 2.45) is 5.92 Å². The second-order valence-electron chi connectivity index (χ2n) is 5.59. The van der Waals surface area contributed by atoms with Gasteiger partial charge in [0.1, 0.15) is 0 Å². The SMILES string of the molecule is CC1CCCCC1NCC1(O)CCOCC1. The summed E-state index contributed by atoms with van der Waals surface area (Å²) >= 11 is 0. The van der Waals surface area contributed by atoms with Gasteiger partial charge in [0, 0.05) is 38.6 Å². The van der Waals surface area contributed by atoms with Crippen LogP contribution in [0.15, 0.2) is 0 Å². The van der Waals surface area contributed by atoms with Crippen molar-refractivity contribution >= 4 is 0 Å². The Morgan fingerprint density at radius 3 is 2.62 bits per heavy atom. The van der Waals surface area contributed by atoms with Crippen LogP contribution >= 0.6 is 0 Å². The number of rotatable bonds is 3. The van der Waals surface area contributed by atoms with Gasteiger partial charge in [0.05, 0.1) is 5.60 Å². The van der Waals surface area contributed by atoms with E-state index in [9.17, 15) is 5.11 Å². The van der Waals surface area contributed by atoms with Crippen LogP contribution in [0.4, 0.5) is 0 Å². The number of hydrogen-bond donors (Lipinski definition) is 2. The number of ether oxygens (including phenoxy) is 1. The molecule has 1 heterocycles. The summed E-state index contributed by atoms with van der Waals surface area (Å²) in [6.07, 6.45) is 6.87. The number of nitrogens with one attached hydrogen (secondary N) is 1. The molecular weight excluding hydrogens is 202 g/mol. The molecule has 3 nitrogen and oxygen atoms in total. The lowest BCUT2D eigenvalue weighted by Gasteiger charge is -2.36. The van der Waals surface area contributed by atoms with Crippen molar-refractivity contribution in [1.29, 1.82) is 0 Å². The van der Waals surface area contributed by atoms with E-state index < -0.39 is 5.60 Å². The average Bonchev–Trinajstić information content (AvgIpc) is 2.29. The van der Waals surface area contributed by atoms with E-state index in [0.29, 0.717) is 19.3 Å². The van der Waals surface area contributed by atoms with Gasteiger partial charge in [0.2, 0.25) is 0 Å². The van der Waals surface area contributed by atoms with Crippen molar-refractivity contribution in [2.45, 2.75) is 57.1 Å². The lowest BCUT2D eigenvalue weighted by Crippen LogP contribution is -2.49. The fourth-order valence-electron chi connectivity index (χ4n) is 2.87. The second kappa shape index (κ2) is 5.48. The summed E-state index contributed by atoms with van der Waals surface area (Å²) in [5, 5.41) is 13.9. The van der Waals surface area contributed by atoms with E-state index in [4.69, 9.17) is 4.74 Å². The third-order valence-electron chi connectivity index (χ3n) is 4.23. The molecule has 1 aliphatic heterocycles. The molecule has 1 saturated carbocycles. The maximum atomic E-state index is 10.3. The van der Waals surface area contributed by atoms with Gasteiger partial charge in [-0.25, -0.2) is 0 Å². The van der Waals surface area contributed by atoms with Gasteiger partial charge in [-0.05, 0) is 18.8 Å². The van der Waals surface area contributed by atoms with E-state index in [1.165, 1.54) is 25.7 Å². The normalized spacial score (nSPS) is 34.9. The summed E-state index contributed by atoms with van der Waals surface area (Å²) in [6, 6.07) is 0.612. The highest BCUT2D eigenvalue weighted by Gasteiger charge is 2.31. The maximum Gasteiger partial charge on any atom is 0.0815 e. The highest BCUT2D eigenvalue weighted by atomic mass is 16.5. The van der Waals surface area contributed by atoms with Crippen molar-refractivity contribution in [3.05, 3.63) is 0 Å². The van der Waals surface area contributed by atoms with Gasteiger partial charge in [-0.3, -0.25) is 0 Å². The maximum absolute atomic E-state index is 10.3. The molecule has 0 radical (unpaired) electrons. The molecule has 2 rings (SSSR count). The van der Waals surface area contributed by atoms with Crippen LogP contribution in [0.2, 0.25) is 0 Å². The average molecular weight is 227 g/mol. The summed E-state index contributed by atoms with van der Waals surface area (Å²) in [5.41, 5.74) is -0.518. The highest BCUT2D eigenvalue weighted by Crippen LogP contribution is 2.25. The van der Waals surface area contributed by atoms with Crippen LogP contribution in [0.3, 0.4) is 0 Å². The lowest BCUT2D eigenvalue weighted by atomic mass is 9.85. The van der Waals surface area contributed by atoms with Crippen LogP contribution in [0.25, 0.3) is 0 Å². The highest BCUT2D eigenvalue weighted by molar-refractivity contribution is 4.87.